The molecule has 2 amide bonds. The highest BCUT2D eigenvalue weighted by Gasteiger charge is 2.30. The van der Waals surface area contributed by atoms with Crippen molar-refractivity contribution in [3.63, 3.8) is 0 Å². The first-order valence-electron chi connectivity index (χ1n) is 9.34. The van der Waals surface area contributed by atoms with Crippen molar-refractivity contribution in [2.75, 3.05) is 26.2 Å². The molecule has 7 heteroatoms. The average Bonchev–Trinajstić information content (AvgIpc) is 3.44. The second kappa shape index (κ2) is 6.61. The molecule has 0 unspecified atom stereocenters. The number of aromatic nitrogens is 2. The number of hydrogen-bond acceptors (Lipinski definition) is 5. The van der Waals surface area contributed by atoms with Gasteiger partial charge in [-0.25, -0.2) is 9.97 Å². The molecule has 1 saturated heterocycles. The summed E-state index contributed by atoms with van der Waals surface area (Å²) >= 11 is 1.49. The van der Waals surface area contributed by atoms with Gasteiger partial charge in [0, 0.05) is 43.9 Å². The first kappa shape index (κ1) is 17.4. The van der Waals surface area contributed by atoms with Crippen LogP contribution in [0.15, 0.2) is 0 Å². The molecule has 0 spiro atoms. The molecule has 4 rings (SSSR count). The normalized spacial score (nSPS) is 17.8. The van der Waals surface area contributed by atoms with Crippen molar-refractivity contribution in [3.8, 4) is 0 Å². The van der Waals surface area contributed by atoms with E-state index in [-0.39, 0.29) is 11.8 Å². The topological polar surface area (TPSA) is 66.4 Å². The first-order valence-corrected chi connectivity index (χ1v) is 10.2. The van der Waals surface area contributed by atoms with Crippen LogP contribution >= 0.6 is 11.3 Å². The Balaban J connectivity index is 1.58. The van der Waals surface area contributed by atoms with E-state index in [9.17, 15) is 9.59 Å². The molecule has 26 heavy (non-hydrogen) atoms. The summed E-state index contributed by atoms with van der Waals surface area (Å²) < 4.78 is 0. The zero-order valence-electron chi connectivity index (χ0n) is 15.5. The summed E-state index contributed by atoms with van der Waals surface area (Å²) in [6.45, 7) is 8.31. The van der Waals surface area contributed by atoms with Gasteiger partial charge in [-0.3, -0.25) is 9.59 Å². The lowest BCUT2D eigenvalue weighted by atomic mass is 10.1. The number of amides is 2. The molecule has 3 heterocycles. The molecule has 6 nitrogen and oxygen atoms in total. The number of piperazine rings is 1. The summed E-state index contributed by atoms with van der Waals surface area (Å²) in [6, 6.07) is 0. The molecule has 0 radical (unpaired) electrons. The highest BCUT2D eigenvalue weighted by Crippen LogP contribution is 2.40. The predicted molar refractivity (Wildman–Crippen MR) is 102 cm³/mol. The zero-order chi connectivity index (χ0) is 18.4. The number of hydrogen-bond donors (Lipinski definition) is 0. The summed E-state index contributed by atoms with van der Waals surface area (Å²) in [4.78, 5) is 39.7. The van der Waals surface area contributed by atoms with Crippen molar-refractivity contribution in [1.82, 2.24) is 19.8 Å². The Morgan fingerprint density at radius 1 is 1.08 bits per heavy atom. The van der Waals surface area contributed by atoms with Gasteiger partial charge in [0.15, 0.2) is 0 Å². The van der Waals surface area contributed by atoms with E-state index in [1.54, 1.807) is 0 Å². The molecular formula is C19H24N4O2S. The lowest BCUT2D eigenvalue weighted by molar-refractivity contribution is -0.132. The van der Waals surface area contributed by atoms with Crippen molar-refractivity contribution in [1.29, 1.82) is 0 Å². The van der Waals surface area contributed by atoms with Crippen LogP contribution in [-0.2, 0) is 4.79 Å². The Morgan fingerprint density at radius 2 is 1.73 bits per heavy atom. The Hall–Kier alpha value is -2.02. The van der Waals surface area contributed by atoms with Crippen molar-refractivity contribution >= 4 is 33.4 Å². The average molecular weight is 372 g/mol. The Labute approximate surface area is 157 Å². The van der Waals surface area contributed by atoms with Crippen molar-refractivity contribution in [2.45, 2.75) is 46.0 Å². The van der Waals surface area contributed by atoms with Gasteiger partial charge in [0.05, 0.1) is 10.6 Å². The third-order valence-corrected chi connectivity index (χ3v) is 6.52. The van der Waals surface area contributed by atoms with E-state index in [2.05, 4.69) is 4.98 Å². The Morgan fingerprint density at radius 3 is 2.35 bits per heavy atom. The molecule has 2 aliphatic rings. The molecule has 0 aromatic carbocycles. The van der Waals surface area contributed by atoms with Crippen molar-refractivity contribution in [2.24, 2.45) is 0 Å². The largest absolute Gasteiger partial charge is 0.339 e. The van der Waals surface area contributed by atoms with Crippen molar-refractivity contribution in [3.05, 3.63) is 22.0 Å². The summed E-state index contributed by atoms with van der Waals surface area (Å²) in [5.74, 6) is 1.65. The van der Waals surface area contributed by atoms with Crippen LogP contribution in [0.2, 0.25) is 0 Å². The number of aryl methyl sites for hydroxylation is 2. The van der Waals surface area contributed by atoms with Crippen molar-refractivity contribution < 1.29 is 9.59 Å². The number of fused-ring (bicyclic) bond motifs is 1. The Bertz CT molecular complexity index is 879. The van der Waals surface area contributed by atoms with Crippen LogP contribution in [0.4, 0.5) is 0 Å². The molecule has 2 fully saturated rings. The van der Waals surface area contributed by atoms with Gasteiger partial charge in [-0.05, 0) is 32.3 Å². The van der Waals surface area contributed by atoms with Crippen LogP contribution in [0.3, 0.4) is 0 Å². The van der Waals surface area contributed by atoms with Gasteiger partial charge in [-0.2, -0.15) is 0 Å². The summed E-state index contributed by atoms with van der Waals surface area (Å²) in [7, 11) is 0. The Kier molecular flexibility index (Phi) is 4.42. The number of nitrogens with zero attached hydrogens (tertiary/aromatic N) is 4. The van der Waals surface area contributed by atoms with E-state index in [4.69, 9.17) is 4.98 Å². The SMILES string of the molecule is CCC(=O)N1CCN(C(=O)c2sc3nc(C4CC4)nc(C)c3c2C)CC1. The fourth-order valence-electron chi connectivity index (χ4n) is 3.61. The second-order valence-electron chi connectivity index (χ2n) is 7.20. The third-order valence-electron chi connectivity index (χ3n) is 5.35. The highest BCUT2D eigenvalue weighted by atomic mass is 32.1. The van der Waals surface area contributed by atoms with E-state index in [1.165, 1.54) is 24.2 Å². The quantitative estimate of drug-likeness (QED) is 0.831. The van der Waals surface area contributed by atoms with E-state index in [1.807, 2.05) is 30.6 Å². The van der Waals surface area contributed by atoms with Gasteiger partial charge in [0.25, 0.3) is 5.91 Å². The molecule has 1 aliphatic heterocycles. The smallest absolute Gasteiger partial charge is 0.264 e. The van der Waals surface area contributed by atoms with Crippen LogP contribution in [0.25, 0.3) is 10.2 Å². The van der Waals surface area contributed by atoms with Gasteiger partial charge >= 0.3 is 0 Å². The molecule has 2 aromatic heterocycles. The van der Waals surface area contributed by atoms with Gasteiger partial charge in [0.1, 0.15) is 10.7 Å². The highest BCUT2D eigenvalue weighted by molar-refractivity contribution is 7.20. The van der Waals surface area contributed by atoms with Gasteiger partial charge < -0.3 is 9.80 Å². The molecule has 1 saturated carbocycles. The minimum Gasteiger partial charge on any atom is -0.339 e. The van der Waals surface area contributed by atoms with Gasteiger partial charge in [-0.1, -0.05) is 6.92 Å². The lowest BCUT2D eigenvalue weighted by Gasteiger charge is -2.34. The summed E-state index contributed by atoms with van der Waals surface area (Å²) in [5, 5.41) is 1.03. The number of rotatable bonds is 3. The molecule has 0 bridgehead atoms. The number of thiophene rings is 1. The van der Waals surface area contributed by atoms with E-state index < -0.39 is 0 Å². The maximum Gasteiger partial charge on any atom is 0.264 e. The number of carbonyl (C=O) groups is 2. The molecule has 0 atom stereocenters. The minimum absolute atomic E-state index is 0.0569. The molecule has 1 aliphatic carbocycles. The fraction of sp³-hybridized carbons (Fsp3) is 0.579. The standard InChI is InChI=1S/C19H24N4O2S/c1-4-14(24)22-7-9-23(10-8-22)19(25)16-11(2)15-12(3)20-17(13-5-6-13)21-18(15)26-16/h13H,4-10H2,1-3H3. The zero-order valence-corrected chi connectivity index (χ0v) is 16.4. The molecule has 0 N–H and O–H groups in total. The summed E-state index contributed by atoms with van der Waals surface area (Å²) in [5.41, 5.74) is 1.96. The molecular weight excluding hydrogens is 348 g/mol. The maximum absolute atomic E-state index is 13.1. The van der Waals surface area contributed by atoms with Crippen LogP contribution in [0.5, 0.6) is 0 Å². The third kappa shape index (κ3) is 2.98. The van der Waals surface area contributed by atoms with Gasteiger partial charge in [-0.15, -0.1) is 11.3 Å². The van der Waals surface area contributed by atoms with E-state index in [0.29, 0.717) is 38.5 Å². The lowest BCUT2D eigenvalue weighted by Crippen LogP contribution is -2.50. The van der Waals surface area contributed by atoms with E-state index in [0.717, 1.165) is 32.2 Å². The van der Waals surface area contributed by atoms with Crippen LogP contribution in [0.1, 0.15) is 58.9 Å². The van der Waals surface area contributed by atoms with Crippen LogP contribution < -0.4 is 0 Å². The van der Waals surface area contributed by atoms with Crippen LogP contribution in [-0.4, -0.2) is 57.8 Å². The molecule has 138 valence electrons. The number of carbonyl (C=O) groups excluding carboxylic acids is 2. The fourth-order valence-corrected chi connectivity index (χ4v) is 4.82. The summed E-state index contributed by atoms with van der Waals surface area (Å²) in [6.07, 6.45) is 2.86. The minimum atomic E-state index is 0.0569. The predicted octanol–water partition coefficient (Wildman–Crippen LogP) is 2.88. The first-order chi connectivity index (χ1) is 12.5. The monoisotopic (exact) mass is 372 g/mol. The van der Waals surface area contributed by atoms with Crippen LogP contribution in [0, 0.1) is 13.8 Å². The maximum atomic E-state index is 13.1. The van der Waals surface area contributed by atoms with E-state index >= 15 is 0 Å². The second-order valence-corrected chi connectivity index (χ2v) is 8.20. The molecule has 2 aromatic rings. The van der Waals surface area contributed by atoms with Gasteiger partial charge in [0.2, 0.25) is 5.91 Å².